The topological polar surface area (TPSA) is 49.8 Å². The van der Waals surface area contributed by atoms with Gasteiger partial charge in [0.05, 0.1) is 6.61 Å². The highest BCUT2D eigenvalue weighted by atomic mass is 16.5. The van der Waals surface area contributed by atoms with E-state index in [1.54, 1.807) is 7.11 Å². The van der Waals surface area contributed by atoms with Crippen molar-refractivity contribution in [2.24, 2.45) is 5.92 Å². The number of nitrogens with zero attached hydrogens (tertiary/aromatic N) is 1. The third kappa shape index (κ3) is 2.16. The van der Waals surface area contributed by atoms with Crippen molar-refractivity contribution in [1.29, 1.82) is 0 Å². The average Bonchev–Trinajstić information content (AvgIpc) is 2.65. The lowest BCUT2D eigenvalue weighted by atomic mass is 9.85. The Bertz CT molecular complexity index is 224. The van der Waals surface area contributed by atoms with E-state index in [0.717, 1.165) is 25.9 Å². The van der Waals surface area contributed by atoms with E-state index in [1.807, 2.05) is 13.8 Å². The van der Waals surface area contributed by atoms with Crippen molar-refractivity contribution < 1.29 is 14.6 Å². The van der Waals surface area contributed by atoms with Gasteiger partial charge in [0.25, 0.3) is 0 Å². The maximum absolute atomic E-state index is 11.5. The zero-order valence-corrected chi connectivity index (χ0v) is 9.82. The van der Waals surface area contributed by atoms with Gasteiger partial charge in [0.2, 0.25) is 0 Å². The average molecular weight is 215 g/mol. The molecule has 1 N–H and O–H groups in total. The molecule has 1 unspecified atom stereocenters. The molecule has 0 saturated carbocycles. The fourth-order valence-corrected chi connectivity index (χ4v) is 2.40. The van der Waals surface area contributed by atoms with E-state index in [0.29, 0.717) is 0 Å². The summed E-state index contributed by atoms with van der Waals surface area (Å²) in [6, 6.07) is 0. The van der Waals surface area contributed by atoms with Crippen molar-refractivity contribution in [3.8, 4) is 0 Å². The van der Waals surface area contributed by atoms with Gasteiger partial charge < -0.3 is 9.84 Å². The Morgan fingerprint density at radius 2 is 2.00 bits per heavy atom. The van der Waals surface area contributed by atoms with Crippen LogP contribution in [0.15, 0.2) is 0 Å². The molecule has 0 aromatic rings. The van der Waals surface area contributed by atoms with E-state index in [1.165, 1.54) is 0 Å². The number of carbonyl (C=O) groups is 1. The highest BCUT2D eigenvalue weighted by Gasteiger charge is 2.47. The maximum atomic E-state index is 11.5. The Morgan fingerprint density at radius 1 is 1.47 bits per heavy atom. The fourth-order valence-electron chi connectivity index (χ4n) is 2.40. The maximum Gasteiger partial charge on any atom is 0.326 e. The van der Waals surface area contributed by atoms with E-state index in [9.17, 15) is 9.90 Å². The molecule has 1 rings (SSSR count). The van der Waals surface area contributed by atoms with Crippen LogP contribution >= 0.6 is 0 Å². The zero-order chi connectivity index (χ0) is 11.5. The molecule has 1 atom stereocenters. The molecule has 1 aliphatic rings. The molecule has 1 heterocycles. The minimum absolute atomic E-state index is 0.0491. The summed E-state index contributed by atoms with van der Waals surface area (Å²) in [6.45, 7) is 5.90. The molecule has 4 nitrogen and oxygen atoms in total. The lowest BCUT2D eigenvalue weighted by Crippen LogP contribution is -2.60. The monoisotopic (exact) mass is 215 g/mol. The SMILES string of the molecule is COCC(C(=O)O)(C(C)C)N1CCCC1. The van der Waals surface area contributed by atoms with Crippen molar-refractivity contribution in [3.05, 3.63) is 0 Å². The number of likely N-dealkylation sites (tertiary alicyclic amines) is 1. The molecule has 0 aliphatic carbocycles. The van der Waals surface area contributed by atoms with Crippen LogP contribution in [0.1, 0.15) is 26.7 Å². The summed E-state index contributed by atoms with van der Waals surface area (Å²) in [6.07, 6.45) is 2.18. The third-order valence-electron chi connectivity index (χ3n) is 3.36. The predicted molar refractivity (Wildman–Crippen MR) is 57.9 cm³/mol. The number of rotatable bonds is 5. The summed E-state index contributed by atoms with van der Waals surface area (Å²) in [7, 11) is 1.57. The Labute approximate surface area is 91.2 Å². The summed E-state index contributed by atoms with van der Waals surface area (Å²) >= 11 is 0. The van der Waals surface area contributed by atoms with Gasteiger partial charge in [0.1, 0.15) is 5.54 Å². The van der Waals surface area contributed by atoms with E-state index in [-0.39, 0.29) is 12.5 Å². The van der Waals surface area contributed by atoms with E-state index >= 15 is 0 Å². The molecule has 0 radical (unpaired) electrons. The Kier molecular flexibility index (Phi) is 4.11. The normalized spacial score (nSPS) is 21.9. The number of hydrogen-bond donors (Lipinski definition) is 1. The van der Waals surface area contributed by atoms with Gasteiger partial charge >= 0.3 is 5.97 Å². The Morgan fingerprint density at radius 3 is 2.33 bits per heavy atom. The molecule has 0 amide bonds. The minimum Gasteiger partial charge on any atom is -0.480 e. The van der Waals surface area contributed by atoms with Crippen LogP contribution in [0, 0.1) is 5.92 Å². The highest BCUT2D eigenvalue weighted by Crippen LogP contribution is 2.29. The molecular formula is C11H21NO3. The summed E-state index contributed by atoms with van der Waals surface area (Å²) < 4.78 is 5.12. The lowest BCUT2D eigenvalue weighted by molar-refractivity contribution is -0.159. The number of carboxylic acids is 1. The van der Waals surface area contributed by atoms with E-state index < -0.39 is 11.5 Å². The number of methoxy groups -OCH3 is 1. The first-order chi connectivity index (χ1) is 7.05. The van der Waals surface area contributed by atoms with Gasteiger partial charge in [-0.2, -0.15) is 0 Å². The summed E-state index contributed by atoms with van der Waals surface area (Å²) in [5, 5.41) is 9.46. The minimum atomic E-state index is -0.842. The molecule has 15 heavy (non-hydrogen) atoms. The molecule has 0 aromatic heterocycles. The first-order valence-electron chi connectivity index (χ1n) is 5.53. The zero-order valence-electron chi connectivity index (χ0n) is 9.82. The number of hydrogen-bond acceptors (Lipinski definition) is 3. The van der Waals surface area contributed by atoms with Crippen LogP contribution in [0.2, 0.25) is 0 Å². The first kappa shape index (κ1) is 12.5. The fraction of sp³-hybridized carbons (Fsp3) is 0.909. The van der Waals surface area contributed by atoms with Crippen LogP contribution in [0.5, 0.6) is 0 Å². The number of ether oxygens (including phenoxy) is 1. The number of aliphatic carboxylic acids is 1. The van der Waals surface area contributed by atoms with Crippen LogP contribution < -0.4 is 0 Å². The molecule has 1 saturated heterocycles. The molecule has 1 aliphatic heterocycles. The van der Waals surface area contributed by atoms with Gasteiger partial charge in [0, 0.05) is 7.11 Å². The van der Waals surface area contributed by atoms with Gasteiger partial charge in [0.15, 0.2) is 0 Å². The summed E-state index contributed by atoms with van der Waals surface area (Å²) in [5.74, 6) is -0.714. The van der Waals surface area contributed by atoms with Crippen molar-refractivity contribution in [3.63, 3.8) is 0 Å². The second-order valence-electron chi connectivity index (χ2n) is 4.51. The second kappa shape index (κ2) is 4.94. The van der Waals surface area contributed by atoms with E-state index in [2.05, 4.69) is 4.90 Å². The standard InChI is InChI=1S/C11H21NO3/c1-9(2)11(8-15-3,10(13)14)12-6-4-5-7-12/h9H,4-8H2,1-3H3,(H,13,14). The van der Waals surface area contributed by atoms with Crippen molar-refractivity contribution in [1.82, 2.24) is 4.90 Å². The van der Waals surface area contributed by atoms with Gasteiger partial charge in [-0.05, 0) is 31.8 Å². The molecule has 4 heteroatoms. The van der Waals surface area contributed by atoms with Crippen LogP contribution in [-0.4, -0.2) is 48.3 Å². The molecular weight excluding hydrogens is 194 g/mol. The Balaban J connectivity index is 2.94. The van der Waals surface area contributed by atoms with Crippen LogP contribution in [0.25, 0.3) is 0 Å². The number of carboxylic acid groups (broad SMARTS) is 1. The summed E-state index contributed by atoms with van der Waals surface area (Å²) in [4.78, 5) is 13.6. The summed E-state index contributed by atoms with van der Waals surface area (Å²) in [5.41, 5.74) is -0.842. The van der Waals surface area contributed by atoms with Crippen LogP contribution in [0.4, 0.5) is 0 Å². The van der Waals surface area contributed by atoms with E-state index in [4.69, 9.17) is 4.74 Å². The van der Waals surface area contributed by atoms with Crippen LogP contribution in [0.3, 0.4) is 0 Å². The van der Waals surface area contributed by atoms with Crippen LogP contribution in [-0.2, 0) is 9.53 Å². The van der Waals surface area contributed by atoms with Gasteiger partial charge in [-0.3, -0.25) is 9.69 Å². The second-order valence-corrected chi connectivity index (χ2v) is 4.51. The van der Waals surface area contributed by atoms with Gasteiger partial charge in [-0.1, -0.05) is 13.8 Å². The van der Waals surface area contributed by atoms with Crippen molar-refractivity contribution in [2.45, 2.75) is 32.2 Å². The van der Waals surface area contributed by atoms with Gasteiger partial charge in [-0.15, -0.1) is 0 Å². The molecule has 1 fully saturated rings. The molecule has 0 spiro atoms. The molecule has 88 valence electrons. The van der Waals surface area contributed by atoms with Crippen molar-refractivity contribution >= 4 is 5.97 Å². The largest absolute Gasteiger partial charge is 0.480 e. The van der Waals surface area contributed by atoms with Gasteiger partial charge in [-0.25, -0.2) is 0 Å². The van der Waals surface area contributed by atoms with Crippen molar-refractivity contribution in [2.75, 3.05) is 26.8 Å². The molecule has 0 bridgehead atoms. The first-order valence-corrected chi connectivity index (χ1v) is 5.53. The molecule has 0 aromatic carbocycles. The predicted octanol–water partition coefficient (Wildman–Crippen LogP) is 1.21. The lowest BCUT2D eigenvalue weighted by Gasteiger charge is -2.40. The quantitative estimate of drug-likeness (QED) is 0.749. The smallest absolute Gasteiger partial charge is 0.326 e. The Hall–Kier alpha value is -0.610. The highest BCUT2D eigenvalue weighted by molar-refractivity contribution is 5.79. The third-order valence-corrected chi connectivity index (χ3v) is 3.36.